The van der Waals surface area contributed by atoms with Crippen LogP contribution in [0.2, 0.25) is 5.15 Å². The maximum Gasteiger partial charge on any atom is 0.325 e. The van der Waals surface area contributed by atoms with Gasteiger partial charge >= 0.3 is 5.97 Å². The summed E-state index contributed by atoms with van der Waals surface area (Å²) in [5.74, 6) is -0.413. The number of hydrogen-bond acceptors (Lipinski definition) is 6. The maximum absolute atomic E-state index is 11.5. The normalized spacial score (nSPS) is 10.2. The SMILES string of the molecule is COC(=O)CN(CO)c1ccccc1CNc1ccc(Cl)nc1. The van der Waals surface area contributed by atoms with E-state index in [1.165, 1.54) is 7.11 Å². The van der Waals surface area contributed by atoms with Crippen LogP contribution < -0.4 is 10.2 Å². The van der Waals surface area contributed by atoms with Crippen molar-refractivity contribution in [3.63, 3.8) is 0 Å². The lowest BCUT2D eigenvalue weighted by molar-refractivity contribution is -0.139. The molecule has 2 aromatic rings. The van der Waals surface area contributed by atoms with Gasteiger partial charge in [0, 0.05) is 12.2 Å². The van der Waals surface area contributed by atoms with E-state index < -0.39 is 5.97 Å². The molecular weight excluding hydrogens is 318 g/mol. The number of rotatable bonds is 7. The molecule has 1 aromatic carbocycles. The van der Waals surface area contributed by atoms with E-state index in [1.54, 1.807) is 17.2 Å². The molecule has 0 amide bonds. The Bertz CT molecular complexity index is 649. The molecule has 1 aromatic heterocycles. The van der Waals surface area contributed by atoms with Crippen LogP contribution in [0.1, 0.15) is 5.56 Å². The van der Waals surface area contributed by atoms with Gasteiger partial charge < -0.3 is 20.1 Å². The van der Waals surface area contributed by atoms with E-state index in [-0.39, 0.29) is 13.3 Å². The van der Waals surface area contributed by atoms with Crippen LogP contribution in [-0.4, -0.2) is 36.4 Å². The molecule has 0 unspecified atom stereocenters. The van der Waals surface area contributed by atoms with Gasteiger partial charge in [-0.25, -0.2) is 4.98 Å². The molecule has 0 saturated heterocycles. The molecule has 0 aliphatic heterocycles. The smallest absolute Gasteiger partial charge is 0.325 e. The molecule has 0 spiro atoms. The van der Waals surface area contributed by atoms with Gasteiger partial charge in [-0.15, -0.1) is 0 Å². The molecule has 0 bridgehead atoms. The fourth-order valence-electron chi connectivity index (χ4n) is 2.08. The first-order chi connectivity index (χ1) is 11.1. The average Bonchev–Trinajstić information content (AvgIpc) is 2.59. The Morgan fingerprint density at radius 2 is 2.13 bits per heavy atom. The number of benzene rings is 1. The molecule has 0 aliphatic carbocycles. The fourth-order valence-corrected chi connectivity index (χ4v) is 2.19. The molecule has 23 heavy (non-hydrogen) atoms. The first-order valence-corrected chi connectivity index (χ1v) is 7.37. The third-order valence-corrected chi connectivity index (χ3v) is 3.48. The zero-order valence-corrected chi connectivity index (χ0v) is 13.5. The van der Waals surface area contributed by atoms with E-state index in [0.717, 1.165) is 16.9 Å². The summed E-state index contributed by atoms with van der Waals surface area (Å²) in [6, 6.07) is 11.0. The second kappa shape index (κ2) is 8.36. The van der Waals surface area contributed by atoms with Crippen molar-refractivity contribution < 1.29 is 14.6 Å². The molecule has 0 radical (unpaired) electrons. The quantitative estimate of drug-likeness (QED) is 0.459. The summed E-state index contributed by atoms with van der Waals surface area (Å²) < 4.78 is 4.66. The molecule has 0 atom stereocenters. The molecule has 0 aliphatic rings. The second-order valence-electron chi connectivity index (χ2n) is 4.77. The lowest BCUT2D eigenvalue weighted by Gasteiger charge is -2.23. The number of para-hydroxylation sites is 1. The van der Waals surface area contributed by atoms with E-state index in [2.05, 4.69) is 15.0 Å². The lowest BCUT2D eigenvalue weighted by Crippen LogP contribution is -2.32. The standard InChI is InChI=1S/C16H18ClN3O3/c1-23-16(22)10-20(11-21)14-5-3-2-4-12(14)8-18-13-6-7-15(17)19-9-13/h2-7,9,18,21H,8,10-11H2,1H3. The molecule has 122 valence electrons. The number of aliphatic hydroxyl groups excluding tert-OH is 1. The van der Waals surface area contributed by atoms with E-state index in [9.17, 15) is 9.90 Å². The number of anilines is 2. The van der Waals surface area contributed by atoms with Gasteiger partial charge in [-0.05, 0) is 23.8 Å². The largest absolute Gasteiger partial charge is 0.468 e. The second-order valence-corrected chi connectivity index (χ2v) is 5.15. The number of nitrogens with zero attached hydrogens (tertiary/aromatic N) is 2. The molecule has 7 heteroatoms. The molecule has 1 heterocycles. The number of hydrogen-bond donors (Lipinski definition) is 2. The van der Waals surface area contributed by atoms with Crippen LogP contribution in [0.25, 0.3) is 0 Å². The Morgan fingerprint density at radius 3 is 2.78 bits per heavy atom. The van der Waals surface area contributed by atoms with Crippen LogP contribution in [0.4, 0.5) is 11.4 Å². The number of nitrogens with one attached hydrogen (secondary N) is 1. The predicted molar refractivity (Wildman–Crippen MR) is 89.5 cm³/mol. The summed E-state index contributed by atoms with van der Waals surface area (Å²) >= 11 is 5.76. The van der Waals surface area contributed by atoms with Gasteiger partial charge in [-0.2, -0.15) is 0 Å². The summed E-state index contributed by atoms with van der Waals surface area (Å²) in [4.78, 5) is 17.0. The summed E-state index contributed by atoms with van der Waals surface area (Å²) in [5.41, 5.74) is 2.52. The zero-order valence-electron chi connectivity index (χ0n) is 12.7. The van der Waals surface area contributed by atoms with Crippen molar-refractivity contribution in [1.29, 1.82) is 0 Å². The highest BCUT2D eigenvalue weighted by atomic mass is 35.5. The maximum atomic E-state index is 11.5. The van der Waals surface area contributed by atoms with Crippen molar-refractivity contribution in [1.82, 2.24) is 4.98 Å². The molecular formula is C16H18ClN3O3. The van der Waals surface area contributed by atoms with Crippen LogP contribution in [0.3, 0.4) is 0 Å². The molecule has 2 rings (SSSR count). The number of aliphatic hydroxyl groups is 1. The first kappa shape index (κ1) is 17.1. The topological polar surface area (TPSA) is 74.7 Å². The van der Waals surface area contributed by atoms with E-state index in [4.69, 9.17) is 11.6 Å². The third-order valence-electron chi connectivity index (χ3n) is 3.26. The van der Waals surface area contributed by atoms with Gasteiger partial charge in [-0.3, -0.25) is 4.79 Å². The van der Waals surface area contributed by atoms with Crippen molar-refractivity contribution in [3.05, 3.63) is 53.3 Å². The van der Waals surface area contributed by atoms with E-state index in [1.807, 2.05) is 30.3 Å². The summed E-state index contributed by atoms with van der Waals surface area (Å²) in [7, 11) is 1.32. The van der Waals surface area contributed by atoms with Crippen LogP contribution in [-0.2, 0) is 16.1 Å². The lowest BCUT2D eigenvalue weighted by atomic mass is 10.1. The Hall–Kier alpha value is -2.31. The Labute approximate surface area is 139 Å². The third kappa shape index (κ3) is 4.84. The van der Waals surface area contributed by atoms with Crippen LogP contribution in [0, 0.1) is 0 Å². The fraction of sp³-hybridized carbons (Fsp3) is 0.250. The minimum absolute atomic E-state index is 0.0213. The van der Waals surface area contributed by atoms with E-state index >= 15 is 0 Å². The van der Waals surface area contributed by atoms with Crippen molar-refractivity contribution >= 4 is 28.9 Å². The summed E-state index contributed by atoms with van der Waals surface area (Å²) in [6.45, 7) is 0.207. The van der Waals surface area contributed by atoms with Crippen LogP contribution in [0.5, 0.6) is 0 Å². The number of pyridine rings is 1. The van der Waals surface area contributed by atoms with Gasteiger partial charge in [0.15, 0.2) is 0 Å². The van der Waals surface area contributed by atoms with E-state index in [0.29, 0.717) is 11.7 Å². The molecule has 2 N–H and O–H groups in total. The van der Waals surface area contributed by atoms with Gasteiger partial charge in [0.1, 0.15) is 18.4 Å². The van der Waals surface area contributed by atoms with Crippen LogP contribution in [0.15, 0.2) is 42.6 Å². The number of ether oxygens (including phenoxy) is 1. The van der Waals surface area contributed by atoms with Crippen molar-refractivity contribution in [2.75, 3.05) is 30.6 Å². The number of halogens is 1. The summed E-state index contributed by atoms with van der Waals surface area (Å²) in [5, 5.41) is 13.2. The number of esters is 1. The molecule has 0 saturated carbocycles. The van der Waals surface area contributed by atoms with Gasteiger partial charge in [-0.1, -0.05) is 29.8 Å². The Morgan fingerprint density at radius 1 is 1.35 bits per heavy atom. The Balaban J connectivity index is 2.12. The predicted octanol–water partition coefficient (Wildman–Crippen LogP) is 2.28. The number of carbonyl (C=O) groups is 1. The van der Waals surface area contributed by atoms with Crippen LogP contribution >= 0.6 is 11.6 Å². The van der Waals surface area contributed by atoms with Gasteiger partial charge in [0.05, 0.1) is 19.0 Å². The average molecular weight is 336 g/mol. The van der Waals surface area contributed by atoms with Crippen molar-refractivity contribution in [2.45, 2.75) is 6.54 Å². The minimum atomic E-state index is -0.413. The number of methoxy groups -OCH3 is 1. The highest BCUT2D eigenvalue weighted by molar-refractivity contribution is 6.29. The zero-order chi connectivity index (χ0) is 16.7. The monoisotopic (exact) mass is 335 g/mol. The number of aromatic nitrogens is 1. The summed E-state index contributed by atoms with van der Waals surface area (Å²) in [6.07, 6.45) is 1.64. The minimum Gasteiger partial charge on any atom is -0.468 e. The number of carbonyl (C=O) groups excluding carboxylic acids is 1. The molecule has 6 nitrogen and oxygen atoms in total. The van der Waals surface area contributed by atoms with Gasteiger partial charge in [0.2, 0.25) is 0 Å². The van der Waals surface area contributed by atoms with Gasteiger partial charge in [0.25, 0.3) is 0 Å². The first-order valence-electron chi connectivity index (χ1n) is 7.00. The molecule has 0 fully saturated rings. The highest BCUT2D eigenvalue weighted by Gasteiger charge is 2.14. The highest BCUT2D eigenvalue weighted by Crippen LogP contribution is 2.21. The van der Waals surface area contributed by atoms with Crippen molar-refractivity contribution in [3.8, 4) is 0 Å². The van der Waals surface area contributed by atoms with Crippen molar-refractivity contribution in [2.24, 2.45) is 0 Å². The Kier molecular flexibility index (Phi) is 6.19.